The number of hydrogen-bond donors (Lipinski definition) is 2. The molecule has 1 heterocycles. The van der Waals surface area contributed by atoms with Gasteiger partial charge < -0.3 is 10.4 Å². The van der Waals surface area contributed by atoms with Crippen LogP contribution in [-0.2, 0) is 0 Å². The molecule has 3 aromatic rings. The van der Waals surface area contributed by atoms with Crippen LogP contribution in [0, 0.1) is 5.82 Å². The van der Waals surface area contributed by atoms with Crippen molar-refractivity contribution in [1.82, 2.24) is 4.98 Å². The lowest BCUT2D eigenvalue weighted by molar-refractivity contribution is 0.0691. The summed E-state index contributed by atoms with van der Waals surface area (Å²) in [4.78, 5) is 15.2. The van der Waals surface area contributed by atoms with Crippen LogP contribution in [-0.4, -0.2) is 16.1 Å². The van der Waals surface area contributed by atoms with E-state index in [2.05, 4.69) is 10.3 Å². The van der Waals surface area contributed by atoms with Crippen molar-refractivity contribution in [2.75, 3.05) is 5.32 Å². The van der Waals surface area contributed by atoms with Crippen molar-refractivity contribution < 1.29 is 14.3 Å². The minimum Gasteiger partial charge on any atom is -0.477 e. The van der Waals surface area contributed by atoms with Crippen LogP contribution in [0.25, 0.3) is 10.8 Å². The van der Waals surface area contributed by atoms with E-state index in [9.17, 15) is 9.18 Å². The number of para-hydroxylation sites is 1. The Kier molecular flexibility index (Phi) is 3.23. The number of anilines is 2. The third-order valence-electron chi connectivity index (χ3n) is 3.09. The predicted octanol–water partition coefficient (Wildman–Crippen LogP) is 3.82. The summed E-state index contributed by atoms with van der Waals surface area (Å²) in [6, 6.07) is 14.9. The number of nitrogens with zero attached hydrogens (tertiary/aromatic N) is 1. The van der Waals surface area contributed by atoms with Crippen molar-refractivity contribution >= 4 is 28.2 Å². The number of halogens is 1. The number of carboxylic acid groups (broad SMARTS) is 1. The molecule has 0 radical (unpaired) electrons. The zero-order valence-electron chi connectivity index (χ0n) is 10.9. The fourth-order valence-corrected chi connectivity index (χ4v) is 2.09. The zero-order valence-corrected chi connectivity index (χ0v) is 10.9. The Hall–Kier alpha value is -2.95. The normalized spacial score (nSPS) is 10.5. The van der Waals surface area contributed by atoms with Gasteiger partial charge in [0.05, 0.1) is 5.69 Å². The fraction of sp³-hybridized carbons (Fsp3) is 0. The molecule has 0 saturated heterocycles. The lowest BCUT2D eigenvalue weighted by atomic mass is 10.1. The molecule has 0 aliphatic heterocycles. The van der Waals surface area contributed by atoms with E-state index in [1.807, 2.05) is 6.07 Å². The number of fused-ring (bicyclic) bond motifs is 1. The van der Waals surface area contributed by atoms with Gasteiger partial charge in [0.15, 0.2) is 5.69 Å². The van der Waals surface area contributed by atoms with Crippen molar-refractivity contribution in [3.8, 4) is 0 Å². The molecular formula is C16H11FN2O2. The maximum atomic E-state index is 13.7. The summed E-state index contributed by atoms with van der Waals surface area (Å²) in [5.74, 6) is -1.24. The maximum absolute atomic E-state index is 13.7. The third kappa shape index (κ3) is 2.53. The molecule has 104 valence electrons. The van der Waals surface area contributed by atoms with E-state index in [1.165, 1.54) is 12.1 Å². The van der Waals surface area contributed by atoms with Gasteiger partial charge in [0, 0.05) is 5.39 Å². The number of hydrogen-bond acceptors (Lipinski definition) is 3. The molecule has 0 spiro atoms. The van der Waals surface area contributed by atoms with Gasteiger partial charge in [-0.15, -0.1) is 0 Å². The Labute approximate surface area is 119 Å². The lowest BCUT2D eigenvalue weighted by Crippen LogP contribution is -2.04. The Bertz CT molecular complexity index is 833. The predicted molar refractivity (Wildman–Crippen MR) is 78.4 cm³/mol. The van der Waals surface area contributed by atoms with Crippen LogP contribution in [0.2, 0.25) is 0 Å². The molecule has 2 aromatic carbocycles. The monoisotopic (exact) mass is 282 g/mol. The Morgan fingerprint density at radius 3 is 2.57 bits per heavy atom. The van der Waals surface area contributed by atoms with Crippen LogP contribution in [0.15, 0.2) is 54.6 Å². The number of rotatable bonds is 3. The standard InChI is InChI=1S/C16H11FN2O2/c17-12-7-3-4-8-13(12)18-15-11-6-2-1-5-10(11)9-14(19-15)16(20)21/h1-9H,(H,18,19)(H,20,21). The van der Waals surface area contributed by atoms with Crippen LogP contribution >= 0.6 is 0 Å². The highest BCUT2D eigenvalue weighted by Gasteiger charge is 2.12. The van der Waals surface area contributed by atoms with Crippen molar-refractivity contribution in [3.63, 3.8) is 0 Å². The van der Waals surface area contributed by atoms with Gasteiger partial charge in [-0.3, -0.25) is 0 Å². The highest BCUT2D eigenvalue weighted by atomic mass is 19.1. The van der Waals surface area contributed by atoms with Crippen molar-refractivity contribution in [3.05, 3.63) is 66.1 Å². The molecule has 3 rings (SSSR count). The Morgan fingerprint density at radius 1 is 1.10 bits per heavy atom. The number of pyridine rings is 1. The summed E-state index contributed by atoms with van der Waals surface area (Å²) in [6.07, 6.45) is 0. The minimum atomic E-state index is -1.13. The summed E-state index contributed by atoms with van der Waals surface area (Å²) in [5.41, 5.74) is 0.158. The number of carboxylic acids is 1. The molecule has 4 nitrogen and oxygen atoms in total. The van der Waals surface area contributed by atoms with Crippen LogP contribution in [0.1, 0.15) is 10.5 Å². The molecule has 0 amide bonds. The van der Waals surface area contributed by atoms with Crippen LogP contribution in [0.4, 0.5) is 15.9 Å². The topological polar surface area (TPSA) is 62.2 Å². The van der Waals surface area contributed by atoms with Gasteiger partial charge in [0.25, 0.3) is 0 Å². The number of benzene rings is 2. The van der Waals surface area contributed by atoms with Crippen LogP contribution in [0.5, 0.6) is 0 Å². The molecule has 1 aromatic heterocycles. The van der Waals surface area contributed by atoms with Crippen molar-refractivity contribution in [2.24, 2.45) is 0 Å². The fourth-order valence-electron chi connectivity index (χ4n) is 2.09. The molecule has 0 aliphatic carbocycles. The summed E-state index contributed by atoms with van der Waals surface area (Å²) >= 11 is 0. The molecular weight excluding hydrogens is 271 g/mol. The summed E-state index contributed by atoms with van der Waals surface area (Å²) in [5, 5.41) is 13.4. The van der Waals surface area contributed by atoms with Crippen LogP contribution < -0.4 is 5.32 Å². The highest BCUT2D eigenvalue weighted by molar-refractivity contribution is 5.98. The highest BCUT2D eigenvalue weighted by Crippen LogP contribution is 2.26. The first kappa shape index (κ1) is 13.1. The number of nitrogens with one attached hydrogen (secondary N) is 1. The summed E-state index contributed by atoms with van der Waals surface area (Å²) in [7, 11) is 0. The Morgan fingerprint density at radius 2 is 1.81 bits per heavy atom. The lowest BCUT2D eigenvalue weighted by Gasteiger charge is -2.10. The smallest absolute Gasteiger partial charge is 0.354 e. The minimum absolute atomic E-state index is 0.0902. The van der Waals surface area contributed by atoms with E-state index in [0.717, 1.165) is 10.8 Å². The summed E-state index contributed by atoms with van der Waals surface area (Å²) in [6.45, 7) is 0. The largest absolute Gasteiger partial charge is 0.477 e. The average molecular weight is 282 g/mol. The van der Waals surface area contributed by atoms with E-state index in [1.54, 1.807) is 36.4 Å². The molecule has 5 heteroatoms. The molecule has 0 bridgehead atoms. The molecule has 0 saturated carbocycles. The molecule has 0 fully saturated rings. The second-order valence-corrected chi connectivity index (χ2v) is 4.49. The van der Waals surface area contributed by atoms with Gasteiger partial charge in [-0.2, -0.15) is 0 Å². The second kappa shape index (κ2) is 5.20. The van der Waals surface area contributed by atoms with Gasteiger partial charge in [-0.25, -0.2) is 14.2 Å². The molecule has 2 N–H and O–H groups in total. The first-order chi connectivity index (χ1) is 10.1. The summed E-state index contributed by atoms with van der Waals surface area (Å²) < 4.78 is 13.7. The van der Waals surface area contributed by atoms with Gasteiger partial charge >= 0.3 is 5.97 Å². The van der Waals surface area contributed by atoms with Crippen molar-refractivity contribution in [2.45, 2.75) is 0 Å². The van der Waals surface area contributed by atoms with Gasteiger partial charge in [0.2, 0.25) is 0 Å². The van der Waals surface area contributed by atoms with E-state index < -0.39 is 11.8 Å². The third-order valence-corrected chi connectivity index (χ3v) is 3.09. The number of aromatic nitrogens is 1. The van der Waals surface area contributed by atoms with E-state index in [4.69, 9.17) is 5.11 Å². The first-order valence-electron chi connectivity index (χ1n) is 6.30. The molecule has 21 heavy (non-hydrogen) atoms. The van der Waals surface area contributed by atoms with E-state index >= 15 is 0 Å². The molecule has 0 unspecified atom stereocenters. The number of aromatic carboxylic acids is 1. The van der Waals surface area contributed by atoms with E-state index in [0.29, 0.717) is 5.82 Å². The quantitative estimate of drug-likeness (QED) is 0.766. The zero-order chi connectivity index (χ0) is 14.8. The van der Waals surface area contributed by atoms with E-state index in [-0.39, 0.29) is 11.4 Å². The maximum Gasteiger partial charge on any atom is 0.354 e. The average Bonchev–Trinajstić information content (AvgIpc) is 2.49. The SMILES string of the molecule is O=C(O)c1cc2ccccc2c(Nc2ccccc2F)n1. The number of carbonyl (C=O) groups is 1. The Balaban J connectivity index is 2.16. The van der Waals surface area contributed by atoms with Crippen LogP contribution in [0.3, 0.4) is 0 Å². The van der Waals surface area contributed by atoms with Crippen molar-refractivity contribution in [1.29, 1.82) is 0 Å². The molecule has 0 aliphatic rings. The van der Waals surface area contributed by atoms with Gasteiger partial charge in [0.1, 0.15) is 11.6 Å². The van der Waals surface area contributed by atoms with Gasteiger partial charge in [-0.1, -0.05) is 36.4 Å². The first-order valence-corrected chi connectivity index (χ1v) is 6.30. The molecule has 0 atom stereocenters. The second-order valence-electron chi connectivity index (χ2n) is 4.49. The van der Waals surface area contributed by atoms with Gasteiger partial charge in [-0.05, 0) is 23.6 Å².